The second kappa shape index (κ2) is 6.76. The van der Waals surface area contributed by atoms with Gasteiger partial charge in [0.15, 0.2) is 0 Å². The van der Waals surface area contributed by atoms with Gasteiger partial charge in [-0.2, -0.15) is 13.2 Å². The van der Waals surface area contributed by atoms with Crippen molar-refractivity contribution in [1.82, 2.24) is 9.97 Å². The molecule has 0 spiro atoms. The second-order valence-corrected chi connectivity index (χ2v) is 5.28. The number of pyridine rings is 2. The molecular weight excluding hydrogens is 327 g/mol. The van der Waals surface area contributed by atoms with E-state index in [-0.39, 0.29) is 0 Å². The Bertz CT molecular complexity index is 870. The minimum atomic E-state index is -4.35. The predicted molar refractivity (Wildman–Crippen MR) is 92.3 cm³/mol. The summed E-state index contributed by atoms with van der Waals surface area (Å²) in [4.78, 5) is 8.54. The standard InChI is InChI=1S/C19H14F3N3/c1-2-15-8-5-13(12-24-15)17-4-3-11-23-18(17)25-16-9-6-14(7-10-16)19(20,21)22/h2-12H,1H2,(H,23,25). The van der Waals surface area contributed by atoms with Gasteiger partial charge in [-0.3, -0.25) is 4.98 Å². The van der Waals surface area contributed by atoms with E-state index in [1.807, 2.05) is 18.2 Å². The molecule has 1 aromatic carbocycles. The molecule has 1 N–H and O–H groups in total. The van der Waals surface area contributed by atoms with Crippen molar-refractivity contribution in [3.8, 4) is 11.1 Å². The van der Waals surface area contributed by atoms with Gasteiger partial charge in [0.2, 0.25) is 0 Å². The smallest absolute Gasteiger partial charge is 0.340 e. The lowest BCUT2D eigenvalue weighted by molar-refractivity contribution is -0.137. The Morgan fingerprint density at radius 1 is 0.960 bits per heavy atom. The van der Waals surface area contributed by atoms with Crippen LogP contribution in [0.5, 0.6) is 0 Å². The molecule has 0 bridgehead atoms. The summed E-state index contributed by atoms with van der Waals surface area (Å²) in [5, 5.41) is 3.05. The number of nitrogens with zero attached hydrogens (tertiary/aromatic N) is 2. The predicted octanol–water partition coefficient (Wildman–Crippen LogP) is 5.55. The molecule has 6 heteroatoms. The lowest BCUT2D eigenvalue weighted by atomic mass is 10.1. The molecule has 0 aliphatic rings. The molecule has 0 aliphatic carbocycles. The summed E-state index contributed by atoms with van der Waals surface area (Å²) in [6.07, 6.45) is 0.606. The number of rotatable bonds is 4. The van der Waals surface area contributed by atoms with E-state index in [2.05, 4.69) is 21.9 Å². The average Bonchev–Trinajstić information content (AvgIpc) is 2.62. The fourth-order valence-electron chi connectivity index (χ4n) is 2.30. The van der Waals surface area contributed by atoms with Crippen molar-refractivity contribution in [2.75, 3.05) is 5.32 Å². The maximum atomic E-state index is 12.6. The maximum Gasteiger partial charge on any atom is 0.416 e. The second-order valence-electron chi connectivity index (χ2n) is 5.28. The van der Waals surface area contributed by atoms with Gasteiger partial charge in [-0.05, 0) is 48.5 Å². The van der Waals surface area contributed by atoms with Crippen LogP contribution in [0.3, 0.4) is 0 Å². The molecule has 0 atom stereocenters. The largest absolute Gasteiger partial charge is 0.416 e. The summed E-state index contributed by atoms with van der Waals surface area (Å²) in [5.41, 5.74) is 2.22. The van der Waals surface area contributed by atoms with Crippen LogP contribution in [0.2, 0.25) is 0 Å². The summed E-state index contributed by atoms with van der Waals surface area (Å²) in [6.45, 7) is 3.66. The number of alkyl halides is 3. The molecule has 25 heavy (non-hydrogen) atoms. The fraction of sp³-hybridized carbons (Fsp3) is 0.0526. The Morgan fingerprint density at radius 3 is 2.32 bits per heavy atom. The van der Waals surface area contributed by atoms with Crippen LogP contribution in [0.25, 0.3) is 17.2 Å². The van der Waals surface area contributed by atoms with Crippen LogP contribution in [0.1, 0.15) is 11.3 Å². The first-order valence-corrected chi connectivity index (χ1v) is 7.45. The fourth-order valence-corrected chi connectivity index (χ4v) is 2.30. The van der Waals surface area contributed by atoms with Crippen LogP contribution >= 0.6 is 0 Å². The van der Waals surface area contributed by atoms with E-state index in [1.54, 1.807) is 24.5 Å². The number of nitrogens with one attached hydrogen (secondary N) is 1. The zero-order valence-electron chi connectivity index (χ0n) is 13.1. The third-order valence-corrected chi connectivity index (χ3v) is 3.59. The quantitative estimate of drug-likeness (QED) is 0.676. The number of hydrogen-bond donors (Lipinski definition) is 1. The number of halogens is 3. The van der Waals surface area contributed by atoms with Gasteiger partial charge in [0, 0.05) is 29.2 Å². The van der Waals surface area contributed by atoms with E-state index in [1.165, 1.54) is 12.1 Å². The molecule has 2 aromatic heterocycles. The van der Waals surface area contributed by atoms with Gasteiger partial charge in [-0.1, -0.05) is 12.6 Å². The zero-order chi connectivity index (χ0) is 17.9. The maximum absolute atomic E-state index is 12.6. The third-order valence-electron chi connectivity index (χ3n) is 3.59. The highest BCUT2D eigenvalue weighted by Gasteiger charge is 2.29. The molecule has 0 unspecified atom stereocenters. The van der Waals surface area contributed by atoms with Crippen LogP contribution in [-0.4, -0.2) is 9.97 Å². The Morgan fingerprint density at radius 2 is 1.72 bits per heavy atom. The minimum Gasteiger partial charge on any atom is -0.340 e. The van der Waals surface area contributed by atoms with E-state index in [9.17, 15) is 13.2 Å². The number of hydrogen-bond acceptors (Lipinski definition) is 3. The number of anilines is 2. The van der Waals surface area contributed by atoms with E-state index in [0.29, 0.717) is 11.5 Å². The first-order chi connectivity index (χ1) is 12.0. The molecule has 126 valence electrons. The van der Waals surface area contributed by atoms with Crippen LogP contribution in [0, 0.1) is 0 Å². The van der Waals surface area contributed by atoms with Crippen molar-refractivity contribution in [3.05, 3.63) is 78.8 Å². The Hall–Kier alpha value is -3.15. The highest BCUT2D eigenvalue weighted by atomic mass is 19.4. The van der Waals surface area contributed by atoms with Crippen molar-refractivity contribution in [3.63, 3.8) is 0 Å². The van der Waals surface area contributed by atoms with Gasteiger partial charge in [0.25, 0.3) is 0 Å². The third kappa shape index (κ3) is 3.85. The molecule has 0 radical (unpaired) electrons. The summed E-state index contributed by atoms with van der Waals surface area (Å²) in [7, 11) is 0. The van der Waals surface area contributed by atoms with Gasteiger partial charge >= 0.3 is 6.18 Å². The van der Waals surface area contributed by atoms with Crippen LogP contribution in [-0.2, 0) is 6.18 Å². The Balaban J connectivity index is 1.89. The first kappa shape index (κ1) is 16.7. The summed E-state index contributed by atoms with van der Waals surface area (Å²) in [6, 6.07) is 12.2. The van der Waals surface area contributed by atoms with Crippen molar-refractivity contribution in [1.29, 1.82) is 0 Å². The number of aromatic nitrogens is 2. The van der Waals surface area contributed by atoms with Crippen LogP contribution in [0.4, 0.5) is 24.7 Å². The van der Waals surface area contributed by atoms with Gasteiger partial charge in [0.1, 0.15) is 5.82 Å². The van der Waals surface area contributed by atoms with E-state index < -0.39 is 11.7 Å². The number of benzene rings is 1. The normalized spacial score (nSPS) is 11.2. The average molecular weight is 341 g/mol. The van der Waals surface area contributed by atoms with Crippen LogP contribution < -0.4 is 5.32 Å². The molecule has 3 aromatic rings. The summed E-state index contributed by atoms with van der Waals surface area (Å²) < 4.78 is 37.9. The first-order valence-electron chi connectivity index (χ1n) is 7.45. The summed E-state index contributed by atoms with van der Waals surface area (Å²) in [5.74, 6) is 0.537. The lowest BCUT2D eigenvalue weighted by Gasteiger charge is -2.12. The van der Waals surface area contributed by atoms with Crippen LogP contribution in [0.15, 0.2) is 67.5 Å². The molecule has 3 nitrogen and oxygen atoms in total. The minimum absolute atomic E-state index is 0.517. The highest BCUT2D eigenvalue weighted by molar-refractivity contribution is 5.78. The van der Waals surface area contributed by atoms with E-state index in [4.69, 9.17) is 0 Å². The molecule has 2 heterocycles. The molecule has 3 rings (SSSR count). The molecule has 0 saturated heterocycles. The Labute approximate surface area is 142 Å². The highest BCUT2D eigenvalue weighted by Crippen LogP contribution is 2.32. The molecule has 0 amide bonds. The van der Waals surface area contributed by atoms with Gasteiger partial charge in [0.05, 0.1) is 11.3 Å². The monoisotopic (exact) mass is 341 g/mol. The van der Waals surface area contributed by atoms with E-state index >= 15 is 0 Å². The van der Waals surface area contributed by atoms with E-state index in [0.717, 1.165) is 29.0 Å². The lowest BCUT2D eigenvalue weighted by Crippen LogP contribution is -2.04. The summed E-state index contributed by atoms with van der Waals surface area (Å²) >= 11 is 0. The van der Waals surface area contributed by atoms with Gasteiger partial charge in [-0.25, -0.2) is 4.98 Å². The van der Waals surface area contributed by atoms with Crippen molar-refractivity contribution >= 4 is 17.6 Å². The van der Waals surface area contributed by atoms with Crippen molar-refractivity contribution < 1.29 is 13.2 Å². The Kier molecular flexibility index (Phi) is 4.52. The zero-order valence-corrected chi connectivity index (χ0v) is 13.1. The SMILES string of the molecule is C=Cc1ccc(-c2cccnc2Nc2ccc(C(F)(F)F)cc2)cn1. The molecule has 0 fully saturated rings. The molecule has 0 saturated carbocycles. The van der Waals surface area contributed by atoms with Gasteiger partial charge < -0.3 is 5.32 Å². The van der Waals surface area contributed by atoms with Crippen molar-refractivity contribution in [2.45, 2.75) is 6.18 Å². The van der Waals surface area contributed by atoms with Gasteiger partial charge in [-0.15, -0.1) is 0 Å². The molecular formula is C19H14F3N3. The topological polar surface area (TPSA) is 37.8 Å². The van der Waals surface area contributed by atoms with Crippen molar-refractivity contribution in [2.24, 2.45) is 0 Å². The molecule has 0 aliphatic heterocycles.